The molecule has 1 rings (SSSR count). The number of likely N-dealkylation sites (tertiary alicyclic amines) is 1. The highest BCUT2D eigenvalue weighted by atomic mass is 32.2. The molecular weight excluding hydrogens is 517 g/mol. The van der Waals surface area contributed by atoms with Gasteiger partial charge in [0, 0.05) is 31.6 Å². The van der Waals surface area contributed by atoms with Gasteiger partial charge in [0.1, 0.15) is 0 Å². The predicted octanol–water partition coefficient (Wildman–Crippen LogP) is 7.98. The molecule has 1 fully saturated rings. The van der Waals surface area contributed by atoms with Crippen LogP contribution in [0.2, 0.25) is 0 Å². The van der Waals surface area contributed by atoms with Crippen molar-refractivity contribution >= 4 is 19.6 Å². The number of hydrogen-bond donors (Lipinski definition) is 0. The fourth-order valence-corrected chi connectivity index (χ4v) is 7.27. The van der Waals surface area contributed by atoms with Gasteiger partial charge in [0.15, 0.2) is 0 Å². The highest BCUT2D eigenvalue weighted by Crippen LogP contribution is 2.42. The van der Waals surface area contributed by atoms with Gasteiger partial charge >= 0.3 is 0 Å². The molecule has 1 aliphatic heterocycles. The molecule has 228 valence electrons. The zero-order valence-corrected chi connectivity index (χ0v) is 27.2. The highest BCUT2D eigenvalue weighted by molar-refractivity contribution is 7.99. The Balaban J connectivity index is 1.96. The quantitative estimate of drug-likeness (QED) is 0.0588. The van der Waals surface area contributed by atoms with Crippen molar-refractivity contribution in [2.24, 2.45) is 5.92 Å². The summed E-state index contributed by atoms with van der Waals surface area (Å²) in [7, 11) is 1.70. The summed E-state index contributed by atoms with van der Waals surface area (Å²) in [6, 6.07) is 0. The van der Waals surface area contributed by atoms with E-state index in [1.54, 1.807) is 7.11 Å². The van der Waals surface area contributed by atoms with Crippen LogP contribution >= 0.6 is 19.6 Å². The third-order valence-corrected chi connectivity index (χ3v) is 10.1. The SMILES string of the molecule is CCCCCCCCCCCCCCCCCCSCC(COC)COP(=O)([O-])OC1CC[N+](C)(C)CC1. The summed E-state index contributed by atoms with van der Waals surface area (Å²) in [5.74, 6) is 2.01. The maximum atomic E-state index is 12.3. The third kappa shape index (κ3) is 21.2. The Morgan fingerprint density at radius 1 is 0.816 bits per heavy atom. The Morgan fingerprint density at radius 2 is 1.29 bits per heavy atom. The Hall–Kier alpha value is 0.380. The first-order valence-electron chi connectivity index (χ1n) is 15.8. The second-order valence-corrected chi connectivity index (χ2v) is 14.6. The molecule has 1 heterocycles. The average molecular weight is 580 g/mol. The summed E-state index contributed by atoms with van der Waals surface area (Å²) in [5, 5.41) is 0. The van der Waals surface area contributed by atoms with Crippen LogP contribution in [0.15, 0.2) is 0 Å². The van der Waals surface area contributed by atoms with Crippen molar-refractivity contribution in [3.8, 4) is 0 Å². The van der Waals surface area contributed by atoms with E-state index in [0.717, 1.165) is 41.9 Å². The lowest BCUT2D eigenvalue weighted by Gasteiger charge is -2.38. The maximum absolute atomic E-state index is 12.3. The molecule has 0 amide bonds. The van der Waals surface area contributed by atoms with Gasteiger partial charge in [-0.1, -0.05) is 103 Å². The Bertz CT molecular complexity index is 585. The van der Waals surface area contributed by atoms with Crippen LogP contribution < -0.4 is 4.89 Å². The molecule has 0 radical (unpaired) electrons. The van der Waals surface area contributed by atoms with E-state index < -0.39 is 7.82 Å². The minimum Gasteiger partial charge on any atom is -0.756 e. The van der Waals surface area contributed by atoms with Crippen molar-refractivity contribution in [1.29, 1.82) is 0 Å². The van der Waals surface area contributed by atoms with Crippen LogP contribution in [0.1, 0.15) is 122 Å². The lowest BCUT2D eigenvalue weighted by molar-refractivity contribution is -0.896. The minimum atomic E-state index is -4.28. The lowest BCUT2D eigenvalue weighted by Crippen LogP contribution is -2.48. The van der Waals surface area contributed by atoms with E-state index in [1.807, 2.05) is 11.8 Å². The molecule has 0 aromatic carbocycles. The van der Waals surface area contributed by atoms with Gasteiger partial charge in [-0.15, -0.1) is 0 Å². The van der Waals surface area contributed by atoms with E-state index >= 15 is 0 Å². The largest absolute Gasteiger partial charge is 0.756 e. The summed E-state index contributed by atoms with van der Waals surface area (Å²) in [4.78, 5) is 12.3. The number of nitrogens with zero attached hydrogens (tertiary/aromatic N) is 1. The van der Waals surface area contributed by atoms with Crippen LogP contribution in [0, 0.1) is 5.92 Å². The number of hydrogen-bond acceptors (Lipinski definition) is 6. The Morgan fingerprint density at radius 3 is 1.76 bits per heavy atom. The molecule has 0 spiro atoms. The normalized spacial score (nSPS) is 18.4. The predicted molar refractivity (Wildman–Crippen MR) is 162 cm³/mol. The number of rotatable bonds is 26. The molecule has 6 nitrogen and oxygen atoms in total. The van der Waals surface area contributed by atoms with E-state index in [1.165, 1.54) is 103 Å². The van der Waals surface area contributed by atoms with Gasteiger partial charge in [-0.05, 0) is 12.2 Å². The van der Waals surface area contributed by atoms with Gasteiger partial charge in [0.2, 0.25) is 0 Å². The monoisotopic (exact) mass is 579 g/mol. The minimum absolute atomic E-state index is 0.0545. The van der Waals surface area contributed by atoms with E-state index in [-0.39, 0.29) is 18.6 Å². The average Bonchev–Trinajstić information content (AvgIpc) is 2.87. The fraction of sp³-hybridized carbons (Fsp3) is 1.00. The molecule has 2 atom stereocenters. The second-order valence-electron chi connectivity index (χ2n) is 12.1. The van der Waals surface area contributed by atoms with Crippen LogP contribution in [-0.2, 0) is 18.3 Å². The van der Waals surface area contributed by atoms with Crippen LogP contribution in [0.4, 0.5) is 0 Å². The van der Waals surface area contributed by atoms with Gasteiger partial charge < -0.3 is 23.2 Å². The van der Waals surface area contributed by atoms with Crippen molar-refractivity contribution in [2.75, 3.05) is 59.0 Å². The molecule has 2 unspecified atom stereocenters. The van der Waals surface area contributed by atoms with Crippen molar-refractivity contribution in [1.82, 2.24) is 0 Å². The summed E-state index contributed by atoms with van der Waals surface area (Å²) in [6.45, 7) is 4.76. The topological polar surface area (TPSA) is 67.8 Å². The lowest BCUT2D eigenvalue weighted by atomic mass is 10.0. The van der Waals surface area contributed by atoms with Gasteiger partial charge in [0.25, 0.3) is 7.82 Å². The number of phosphoric acid groups is 1. The summed E-state index contributed by atoms with van der Waals surface area (Å²) in [5.41, 5.74) is 0. The summed E-state index contributed by atoms with van der Waals surface area (Å²) in [6.07, 6.45) is 23.4. The molecule has 0 aromatic heterocycles. The van der Waals surface area contributed by atoms with Gasteiger partial charge in [0.05, 0.1) is 46.5 Å². The summed E-state index contributed by atoms with van der Waals surface area (Å²) >= 11 is 1.88. The zero-order valence-electron chi connectivity index (χ0n) is 25.5. The molecule has 1 aliphatic rings. The van der Waals surface area contributed by atoms with Gasteiger partial charge in [-0.25, -0.2) is 0 Å². The van der Waals surface area contributed by atoms with Crippen molar-refractivity contribution in [3.63, 3.8) is 0 Å². The molecule has 8 heteroatoms. The molecule has 0 saturated carbocycles. The summed E-state index contributed by atoms with van der Waals surface area (Å²) < 4.78 is 29.2. The number of thioether (sulfide) groups is 1. The first kappa shape index (κ1) is 36.4. The van der Waals surface area contributed by atoms with E-state index in [9.17, 15) is 9.46 Å². The molecule has 0 N–H and O–H groups in total. The molecule has 0 bridgehead atoms. The molecule has 38 heavy (non-hydrogen) atoms. The van der Waals surface area contributed by atoms with Crippen LogP contribution in [0.25, 0.3) is 0 Å². The number of piperidine rings is 1. The van der Waals surface area contributed by atoms with Crippen molar-refractivity contribution < 1.29 is 27.7 Å². The standard InChI is InChI=1S/C30H62NO5PS/c1-5-6-7-8-9-10-11-12-13-14-15-16-17-18-19-20-25-38-28-29(26-34-4)27-35-37(32,33)36-30-21-23-31(2,3)24-22-30/h29-30H,5-28H2,1-4H3. The number of unbranched alkanes of at least 4 members (excludes halogenated alkanes) is 15. The number of quaternary nitrogens is 1. The molecule has 1 saturated heterocycles. The number of methoxy groups -OCH3 is 1. The first-order valence-corrected chi connectivity index (χ1v) is 18.4. The van der Waals surface area contributed by atoms with Gasteiger partial charge in [-0.3, -0.25) is 4.57 Å². The zero-order chi connectivity index (χ0) is 28.0. The van der Waals surface area contributed by atoms with Crippen LogP contribution in [0.3, 0.4) is 0 Å². The number of ether oxygens (including phenoxy) is 1. The number of phosphoric ester groups is 1. The second kappa shape index (κ2) is 23.0. The maximum Gasteiger partial charge on any atom is 0.268 e. The van der Waals surface area contributed by atoms with E-state index in [2.05, 4.69) is 21.0 Å². The smallest absolute Gasteiger partial charge is 0.268 e. The van der Waals surface area contributed by atoms with E-state index in [0.29, 0.717) is 6.61 Å². The van der Waals surface area contributed by atoms with Crippen molar-refractivity contribution in [2.45, 2.75) is 129 Å². The van der Waals surface area contributed by atoms with E-state index in [4.69, 9.17) is 13.8 Å². The highest BCUT2D eigenvalue weighted by Gasteiger charge is 2.29. The Kier molecular flexibility index (Phi) is 22.0. The fourth-order valence-electron chi connectivity index (χ4n) is 5.14. The van der Waals surface area contributed by atoms with Crippen molar-refractivity contribution in [3.05, 3.63) is 0 Å². The molecule has 0 aliphatic carbocycles. The van der Waals surface area contributed by atoms with Crippen LogP contribution in [-0.4, -0.2) is 69.6 Å². The first-order chi connectivity index (χ1) is 18.3. The third-order valence-electron chi connectivity index (χ3n) is 7.76. The molecule has 0 aromatic rings. The van der Waals surface area contributed by atoms with Crippen LogP contribution in [0.5, 0.6) is 0 Å². The molecular formula is C30H62NO5PS. The van der Waals surface area contributed by atoms with Gasteiger partial charge in [-0.2, -0.15) is 11.8 Å². The Labute approximate surface area is 240 Å².